The van der Waals surface area contributed by atoms with Crippen molar-refractivity contribution < 1.29 is 15.0 Å². The average Bonchev–Trinajstić information content (AvgIpc) is 2.46. The molecule has 0 aliphatic rings. The number of hydrogen-bond donors (Lipinski definition) is 3. The highest BCUT2D eigenvalue weighted by Crippen LogP contribution is 2.22. The molecule has 2 rings (SSSR count). The van der Waals surface area contributed by atoms with Crippen LogP contribution < -0.4 is 5.73 Å². The SMILES string of the molecule is Cl.NC(C(=O)O)C(O)c1ccc(-c2ccccc2)cc1. The van der Waals surface area contributed by atoms with E-state index in [-0.39, 0.29) is 12.4 Å². The van der Waals surface area contributed by atoms with Gasteiger partial charge in [-0.25, -0.2) is 0 Å². The van der Waals surface area contributed by atoms with Gasteiger partial charge in [-0.1, -0.05) is 54.6 Å². The van der Waals surface area contributed by atoms with Crippen LogP contribution in [0.4, 0.5) is 0 Å². The van der Waals surface area contributed by atoms with Crippen LogP contribution >= 0.6 is 12.4 Å². The van der Waals surface area contributed by atoms with E-state index < -0.39 is 18.1 Å². The fourth-order valence-corrected chi connectivity index (χ4v) is 1.85. The van der Waals surface area contributed by atoms with E-state index in [1.807, 2.05) is 42.5 Å². The zero-order chi connectivity index (χ0) is 13.8. The van der Waals surface area contributed by atoms with E-state index in [0.29, 0.717) is 5.56 Å². The lowest BCUT2D eigenvalue weighted by atomic mass is 9.99. The monoisotopic (exact) mass is 293 g/mol. The first-order valence-electron chi connectivity index (χ1n) is 5.91. The molecule has 0 saturated carbocycles. The van der Waals surface area contributed by atoms with Gasteiger partial charge in [-0.05, 0) is 16.7 Å². The van der Waals surface area contributed by atoms with Crippen molar-refractivity contribution in [2.24, 2.45) is 5.73 Å². The summed E-state index contributed by atoms with van der Waals surface area (Å²) in [6.07, 6.45) is -1.21. The van der Waals surface area contributed by atoms with E-state index in [0.717, 1.165) is 11.1 Å². The van der Waals surface area contributed by atoms with Crippen LogP contribution in [0.5, 0.6) is 0 Å². The molecule has 2 aromatic carbocycles. The highest BCUT2D eigenvalue weighted by atomic mass is 35.5. The largest absolute Gasteiger partial charge is 0.480 e. The molecule has 0 aromatic heterocycles. The maximum Gasteiger partial charge on any atom is 0.323 e. The van der Waals surface area contributed by atoms with Crippen LogP contribution in [0.3, 0.4) is 0 Å². The van der Waals surface area contributed by atoms with Crippen molar-refractivity contribution in [3.05, 3.63) is 60.2 Å². The molecule has 0 radical (unpaired) electrons. The molecule has 106 valence electrons. The smallest absolute Gasteiger partial charge is 0.323 e. The average molecular weight is 294 g/mol. The van der Waals surface area contributed by atoms with Gasteiger partial charge >= 0.3 is 5.97 Å². The molecular formula is C15H16ClNO3. The summed E-state index contributed by atoms with van der Waals surface area (Å²) in [7, 11) is 0. The maximum absolute atomic E-state index is 10.7. The Morgan fingerprint density at radius 2 is 1.45 bits per heavy atom. The number of rotatable bonds is 4. The van der Waals surface area contributed by atoms with Gasteiger partial charge in [-0.15, -0.1) is 12.4 Å². The highest BCUT2D eigenvalue weighted by molar-refractivity contribution is 5.85. The molecule has 0 saturated heterocycles. The van der Waals surface area contributed by atoms with E-state index in [4.69, 9.17) is 10.8 Å². The van der Waals surface area contributed by atoms with Gasteiger partial charge < -0.3 is 15.9 Å². The van der Waals surface area contributed by atoms with Gasteiger partial charge in [0.05, 0.1) is 0 Å². The van der Waals surface area contributed by atoms with Crippen molar-refractivity contribution in [1.82, 2.24) is 0 Å². The quantitative estimate of drug-likeness (QED) is 0.807. The number of halogens is 1. The van der Waals surface area contributed by atoms with Crippen molar-refractivity contribution >= 4 is 18.4 Å². The van der Waals surface area contributed by atoms with Crippen LogP contribution in [-0.4, -0.2) is 22.2 Å². The summed E-state index contributed by atoms with van der Waals surface area (Å²) >= 11 is 0. The fourth-order valence-electron chi connectivity index (χ4n) is 1.85. The molecule has 2 atom stereocenters. The molecule has 0 spiro atoms. The van der Waals surface area contributed by atoms with Gasteiger partial charge in [0.2, 0.25) is 0 Å². The number of carbonyl (C=O) groups is 1. The molecular weight excluding hydrogens is 278 g/mol. The van der Waals surface area contributed by atoms with E-state index in [2.05, 4.69) is 0 Å². The van der Waals surface area contributed by atoms with Crippen molar-refractivity contribution in [3.63, 3.8) is 0 Å². The van der Waals surface area contributed by atoms with Crippen molar-refractivity contribution in [1.29, 1.82) is 0 Å². The van der Waals surface area contributed by atoms with Gasteiger partial charge in [-0.2, -0.15) is 0 Å². The summed E-state index contributed by atoms with van der Waals surface area (Å²) in [5, 5.41) is 18.6. The van der Waals surface area contributed by atoms with Gasteiger partial charge in [0.25, 0.3) is 0 Å². The van der Waals surface area contributed by atoms with E-state index in [1.54, 1.807) is 12.1 Å². The number of benzene rings is 2. The second-order valence-corrected chi connectivity index (χ2v) is 4.30. The van der Waals surface area contributed by atoms with Crippen LogP contribution in [0.15, 0.2) is 54.6 Å². The molecule has 20 heavy (non-hydrogen) atoms. The first kappa shape index (κ1) is 16.2. The number of aliphatic hydroxyl groups excluding tert-OH is 1. The Labute approximate surface area is 123 Å². The summed E-state index contributed by atoms with van der Waals surface area (Å²) in [6.45, 7) is 0. The molecule has 4 nitrogen and oxygen atoms in total. The normalized spacial score (nSPS) is 13.1. The fraction of sp³-hybridized carbons (Fsp3) is 0.133. The van der Waals surface area contributed by atoms with Crippen LogP contribution in [-0.2, 0) is 4.79 Å². The van der Waals surface area contributed by atoms with Crippen LogP contribution in [0, 0.1) is 0 Å². The third-order valence-electron chi connectivity index (χ3n) is 2.98. The lowest BCUT2D eigenvalue weighted by Crippen LogP contribution is -2.36. The zero-order valence-corrected chi connectivity index (χ0v) is 11.5. The second kappa shape index (κ2) is 7.05. The standard InChI is InChI=1S/C15H15NO3.ClH/c16-13(15(18)19)14(17)12-8-6-11(7-9-12)10-4-2-1-3-5-10;/h1-9,13-14,17H,16H2,(H,18,19);1H. The molecule has 0 aliphatic carbocycles. The Kier molecular flexibility index (Phi) is 5.70. The summed E-state index contributed by atoms with van der Waals surface area (Å²) in [6, 6.07) is 15.5. The number of aliphatic carboxylic acids is 1. The molecule has 0 amide bonds. The molecule has 5 heteroatoms. The molecule has 0 aliphatic heterocycles. The second-order valence-electron chi connectivity index (χ2n) is 4.30. The van der Waals surface area contributed by atoms with Crippen molar-refractivity contribution in [2.45, 2.75) is 12.1 Å². The number of carboxylic acid groups (broad SMARTS) is 1. The predicted octanol–water partition coefficient (Wildman–Crippen LogP) is 2.22. The minimum Gasteiger partial charge on any atom is -0.480 e. The summed E-state index contributed by atoms with van der Waals surface area (Å²) in [5.41, 5.74) is 7.95. The van der Waals surface area contributed by atoms with Crippen LogP contribution in [0.2, 0.25) is 0 Å². The number of carboxylic acids is 1. The van der Waals surface area contributed by atoms with E-state index >= 15 is 0 Å². The lowest BCUT2D eigenvalue weighted by molar-refractivity contribution is -0.141. The molecule has 0 fully saturated rings. The number of nitrogens with two attached hydrogens (primary N) is 1. The number of aliphatic hydroxyl groups is 1. The maximum atomic E-state index is 10.7. The lowest BCUT2D eigenvalue weighted by Gasteiger charge is -2.15. The van der Waals surface area contributed by atoms with Gasteiger partial charge in [0.15, 0.2) is 0 Å². The Morgan fingerprint density at radius 1 is 0.950 bits per heavy atom. The Hall–Kier alpha value is -1.88. The summed E-state index contributed by atoms with van der Waals surface area (Å²) < 4.78 is 0. The molecule has 2 unspecified atom stereocenters. The molecule has 0 heterocycles. The van der Waals surface area contributed by atoms with E-state index in [9.17, 15) is 9.90 Å². The first-order chi connectivity index (χ1) is 9.09. The molecule has 4 N–H and O–H groups in total. The van der Waals surface area contributed by atoms with Gasteiger partial charge in [0.1, 0.15) is 12.1 Å². The highest BCUT2D eigenvalue weighted by Gasteiger charge is 2.23. The Balaban J connectivity index is 0.00000200. The zero-order valence-electron chi connectivity index (χ0n) is 10.6. The van der Waals surface area contributed by atoms with Gasteiger partial charge in [-0.3, -0.25) is 4.79 Å². The first-order valence-corrected chi connectivity index (χ1v) is 5.91. The van der Waals surface area contributed by atoms with Crippen molar-refractivity contribution in [3.8, 4) is 11.1 Å². The van der Waals surface area contributed by atoms with Crippen LogP contribution in [0.1, 0.15) is 11.7 Å². The van der Waals surface area contributed by atoms with Crippen molar-refractivity contribution in [2.75, 3.05) is 0 Å². The minimum atomic E-state index is -1.32. The predicted molar refractivity (Wildman–Crippen MR) is 79.7 cm³/mol. The summed E-state index contributed by atoms with van der Waals surface area (Å²) in [5.74, 6) is -1.22. The Morgan fingerprint density at radius 3 is 1.95 bits per heavy atom. The Bertz CT molecular complexity index is 557. The molecule has 0 bridgehead atoms. The minimum absolute atomic E-state index is 0. The van der Waals surface area contributed by atoms with E-state index in [1.165, 1.54) is 0 Å². The third-order valence-corrected chi connectivity index (χ3v) is 2.98. The third kappa shape index (κ3) is 3.57. The summed E-state index contributed by atoms with van der Waals surface area (Å²) in [4.78, 5) is 10.7. The molecule has 2 aromatic rings. The number of hydrogen-bond acceptors (Lipinski definition) is 3. The van der Waals surface area contributed by atoms with Crippen LogP contribution in [0.25, 0.3) is 11.1 Å². The topological polar surface area (TPSA) is 83.6 Å². The van der Waals surface area contributed by atoms with Gasteiger partial charge in [0, 0.05) is 0 Å².